The summed E-state index contributed by atoms with van der Waals surface area (Å²) in [4.78, 5) is 25.5. The van der Waals surface area contributed by atoms with Crippen LogP contribution in [0.1, 0.15) is 45.4 Å². The van der Waals surface area contributed by atoms with Crippen LogP contribution in [-0.2, 0) is 26.5 Å². The van der Waals surface area contributed by atoms with Crippen molar-refractivity contribution in [1.29, 1.82) is 0 Å². The molecule has 1 aromatic carbocycles. The summed E-state index contributed by atoms with van der Waals surface area (Å²) >= 11 is 0. The van der Waals surface area contributed by atoms with Gasteiger partial charge in [-0.05, 0) is 44.9 Å². The normalized spacial score (nSPS) is 11.7. The number of carbonyl (C=O) groups excluding carboxylic acids is 2. The molecule has 170 valence electrons. The highest BCUT2D eigenvalue weighted by molar-refractivity contribution is 7.89. The monoisotopic (exact) mass is 450 g/mol. The second-order valence-electron chi connectivity index (χ2n) is 7.11. The highest BCUT2D eigenvalue weighted by Crippen LogP contribution is 2.24. The molecule has 0 aliphatic heterocycles. The summed E-state index contributed by atoms with van der Waals surface area (Å²) in [5, 5.41) is 0. The SMILES string of the molecule is CCOCCCN(CC(=O)c1c(C)c(C(=O)OC)n(C)c1C)S(=O)(=O)c1ccccc1. The van der Waals surface area contributed by atoms with Crippen molar-refractivity contribution in [1.82, 2.24) is 8.87 Å². The number of sulfonamides is 1. The summed E-state index contributed by atoms with van der Waals surface area (Å²) in [5.41, 5.74) is 1.66. The number of hydrogen-bond acceptors (Lipinski definition) is 6. The first-order valence-corrected chi connectivity index (χ1v) is 11.5. The van der Waals surface area contributed by atoms with Gasteiger partial charge in [-0.15, -0.1) is 0 Å². The lowest BCUT2D eigenvalue weighted by Gasteiger charge is -2.22. The number of nitrogens with zero attached hydrogens (tertiary/aromatic N) is 2. The Morgan fingerprint density at radius 3 is 2.35 bits per heavy atom. The number of hydrogen-bond donors (Lipinski definition) is 0. The Labute approximate surface area is 183 Å². The van der Waals surface area contributed by atoms with Gasteiger partial charge in [0.2, 0.25) is 10.0 Å². The van der Waals surface area contributed by atoms with E-state index >= 15 is 0 Å². The van der Waals surface area contributed by atoms with Crippen LogP contribution < -0.4 is 0 Å². The minimum atomic E-state index is -3.88. The lowest BCUT2D eigenvalue weighted by Crippen LogP contribution is -2.37. The Hall–Kier alpha value is -2.49. The van der Waals surface area contributed by atoms with E-state index in [-0.39, 0.29) is 29.5 Å². The number of carbonyl (C=O) groups is 2. The van der Waals surface area contributed by atoms with Crippen LogP contribution in [0.5, 0.6) is 0 Å². The van der Waals surface area contributed by atoms with Gasteiger partial charge < -0.3 is 14.0 Å². The number of methoxy groups -OCH3 is 1. The van der Waals surface area contributed by atoms with Crippen LogP contribution in [0.2, 0.25) is 0 Å². The molecular formula is C22H30N2O6S. The van der Waals surface area contributed by atoms with E-state index in [9.17, 15) is 18.0 Å². The van der Waals surface area contributed by atoms with Crippen molar-refractivity contribution in [2.24, 2.45) is 7.05 Å². The molecule has 0 saturated carbocycles. The molecule has 0 amide bonds. The third kappa shape index (κ3) is 5.41. The zero-order valence-electron chi connectivity index (χ0n) is 18.7. The highest BCUT2D eigenvalue weighted by Gasteiger charge is 2.30. The summed E-state index contributed by atoms with van der Waals surface area (Å²) in [6.07, 6.45) is 0.452. The number of rotatable bonds is 11. The molecule has 0 atom stereocenters. The maximum atomic E-state index is 13.2. The molecule has 8 nitrogen and oxygen atoms in total. The minimum absolute atomic E-state index is 0.121. The lowest BCUT2D eigenvalue weighted by atomic mass is 10.1. The van der Waals surface area contributed by atoms with Crippen molar-refractivity contribution in [3.05, 3.63) is 52.8 Å². The zero-order valence-corrected chi connectivity index (χ0v) is 19.5. The number of esters is 1. The summed E-state index contributed by atoms with van der Waals surface area (Å²) in [7, 11) is -0.934. The molecule has 0 aliphatic carbocycles. The molecule has 0 unspecified atom stereocenters. The molecule has 0 bridgehead atoms. The molecule has 2 rings (SSSR count). The fourth-order valence-electron chi connectivity index (χ4n) is 3.53. The molecule has 9 heteroatoms. The standard InChI is InChI=1S/C22H30N2O6S/c1-6-30-14-10-13-24(31(27,28)18-11-8-7-9-12-18)15-19(25)20-16(2)21(22(26)29-5)23(4)17(20)3/h7-9,11-12H,6,10,13-15H2,1-5H3. The van der Waals surface area contributed by atoms with Gasteiger partial charge in [0.1, 0.15) is 5.69 Å². The Morgan fingerprint density at radius 1 is 1.13 bits per heavy atom. The van der Waals surface area contributed by atoms with Gasteiger partial charge in [-0.3, -0.25) is 4.79 Å². The Morgan fingerprint density at radius 2 is 1.77 bits per heavy atom. The van der Waals surface area contributed by atoms with Crippen molar-refractivity contribution < 1.29 is 27.5 Å². The first-order valence-electron chi connectivity index (χ1n) is 10.1. The third-order valence-corrected chi connectivity index (χ3v) is 7.05. The van der Waals surface area contributed by atoms with Crippen LogP contribution in [0.3, 0.4) is 0 Å². The van der Waals surface area contributed by atoms with Crippen LogP contribution in [0.4, 0.5) is 0 Å². The zero-order chi connectivity index (χ0) is 23.2. The minimum Gasteiger partial charge on any atom is -0.464 e. The number of ether oxygens (including phenoxy) is 2. The largest absolute Gasteiger partial charge is 0.464 e. The van der Waals surface area contributed by atoms with E-state index in [0.717, 1.165) is 0 Å². The number of Topliss-reactive ketones (excluding diaryl/α,β-unsaturated/α-hetero) is 1. The number of ketones is 1. The second kappa shape index (κ2) is 10.7. The predicted molar refractivity (Wildman–Crippen MR) is 117 cm³/mol. The van der Waals surface area contributed by atoms with Crippen LogP contribution >= 0.6 is 0 Å². The van der Waals surface area contributed by atoms with Crippen molar-refractivity contribution in [2.75, 3.05) is 33.4 Å². The quantitative estimate of drug-likeness (QED) is 0.297. The van der Waals surface area contributed by atoms with E-state index < -0.39 is 16.0 Å². The van der Waals surface area contributed by atoms with E-state index in [1.54, 1.807) is 43.7 Å². The van der Waals surface area contributed by atoms with E-state index in [4.69, 9.17) is 9.47 Å². The van der Waals surface area contributed by atoms with Crippen molar-refractivity contribution in [3.8, 4) is 0 Å². The van der Waals surface area contributed by atoms with Gasteiger partial charge in [0.15, 0.2) is 5.78 Å². The van der Waals surface area contributed by atoms with Crippen molar-refractivity contribution in [3.63, 3.8) is 0 Å². The second-order valence-corrected chi connectivity index (χ2v) is 9.05. The Kier molecular flexibility index (Phi) is 8.55. The Balaban J connectivity index is 2.39. The summed E-state index contributed by atoms with van der Waals surface area (Å²) in [6.45, 7) is 5.97. The van der Waals surface area contributed by atoms with E-state index in [1.807, 2.05) is 6.92 Å². The molecule has 0 aliphatic rings. The average Bonchev–Trinajstić information content (AvgIpc) is 2.98. The van der Waals surface area contributed by atoms with Crippen LogP contribution in [0.15, 0.2) is 35.2 Å². The van der Waals surface area contributed by atoms with Gasteiger partial charge in [-0.2, -0.15) is 4.31 Å². The molecule has 0 radical (unpaired) electrons. The van der Waals surface area contributed by atoms with Gasteiger partial charge in [0.25, 0.3) is 0 Å². The first-order chi connectivity index (χ1) is 14.7. The average molecular weight is 451 g/mol. The molecule has 1 aromatic heterocycles. The molecule has 0 saturated heterocycles. The van der Waals surface area contributed by atoms with Gasteiger partial charge in [-0.1, -0.05) is 18.2 Å². The smallest absolute Gasteiger partial charge is 0.354 e. The van der Waals surface area contributed by atoms with Crippen LogP contribution in [0, 0.1) is 13.8 Å². The van der Waals surface area contributed by atoms with E-state index in [0.29, 0.717) is 36.5 Å². The molecule has 0 spiro atoms. The van der Waals surface area contributed by atoms with E-state index in [1.165, 1.54) is 23.5 Å². The lowest BCUT2D eigenvalue weighted by molar-refractivity contribution is 0.0588. The summed E-state index contributed by atoms with van der Waals surface area (Å²) in [6, 6.07) is 8.02. The van der Waals surface area contributed by atoms with Crippen LogP contribution in [-0.4, -0.2) is 62.5 Å². The van der Waals surface area contributed by atoms with E-state index in [2.05, 4.69) is 0 Å². The molecule has 1 heterocycles. The topological polar surface area (TPSA) is 94.9 Å². The van der Waals surface area contributed by atoms with Gasteiger partial charge >= 0.3 is 5.97 Å². The van der Waals surface area contributed by atoms with Crippen LogP contribution in [0.25, 0.3) is 0 Å². The molecule has 31 heavy (non-hydrogen) atoms. The predicted octanol–water partition coefficient (Wildman–Crippen LogP) is 2.73. The first kappa shape index (κ1) is 24.8. The fraction of sp³-hybridized carbons (Fsp3) is 0.455. The van der Waals surface area contributed by atoms with Gasteiger partial charge in [0.05, 0.1) is 18.6 Å². The number of benzene rings is 1. The summed E-state index contributed by atoms with van der Waals surface area (Å²) in [5.74, 6) is -0.927. The Bertz CT molecular complexity index is 1030. The molecule has 2 aromatic rings. The summed E-state index contributed by atoms with van der Waals surface area (Å²) < 4.78 is 39.3. The maximum Gasteiger partial charge on any atom is 0.354 e. The molecular weight excluding hydrogens is 420 g/mol. The van der Waals surface area contributed by atoms with Crippen molar-refractivity contribution in [2.45, 2.75) is 32.1 Å². The highest BCUT2D eigenvalue weighted by atomic mass is 32.2. The van der Waals surface area contributed by atoms with Gasteiger partial charge in [-0.25, -0.2) is 13.2 Å². The molecule has 0 fully saturated rings. The van der Waals surface area contributed by atoms with Gasteiger partial charge in [0, 0.05) is 38.1 Å². The fourth-order valence-corrected chi connectivity index (χ4v) is 4.98. The molecule has 0 N–H and O–H groups in total. The van der Waals surface area contributed by atoms with Crippen molar-refractivity contribution >= 4 is 21.8 Å². The maximum absolute atomic E-state index is 13.2. The number of aromatic nitrogens is 1. The third-order valence-electron chi connectivity index (χ3n) is 5.19.